The molecule has 0 unspecified atom stereocenters. The van der Waals surface area contributed by atoms with Gasteiger partial charge in [0, 0.05) is 27.7 Å². The lowest BCUT2D eigenvalue weighted by molar-refractivity contribution is -0.903. The average Bonchev–Trinajstić information content (AvgIpc) is 2.63. The fourth-order valence-corrected chi connectivity index (χ4v) is 2.80. The highest BCUT2D eigenvalue weighted by Crippen LogP contribution is 2.30. The Balaban J connectivity index is 3.21. The highest BCUT2D eigenvalue weighted by atomic mass is 19.1. The summed E-state index contributed by atoms with van der Waals surface area (Å²) in [5, 5.41) is 0. The van der Waals surface area contributed by atoms with Gasteiger partial charge >= 0.3 is 23.9 Å². The van der Waals surface area contributed by atoms with Gasteiger partial charge in [-0.2, -0.15) is 4.39 Å². The van der Waals surface area contributed by atoms with E-state index in [1.165, 1.54) is 6.92 Å². The van der Waals surface area contributed by atoms with E-state index in [0.717, 1.165) is 20.8 Å². The Kier molecular flexibility index (Phi) is 10.3. The van der Waals surface area contributed by atoms with Crippen LogP contribution >= 0.6 is 0 Å². The van der Waals surface area contributed by atoms with Crippen molar-refractivity contribution in [2.45, 2.75) is 58.4 Å². The zero-order valence-corrected chi connectivity index (χ0v) is 18.6. The van der Waals surface area contributed by atoms with Crippen LogP contribution < -0.4 is 0 Å². The number of ether oxygens (including phenoxy) is 6. The van der Waals surface area contributed by atoms with E-state index in [1.54, 1.807) is 14.1 Å². The Morgan fingerprint density at radius 3 is 1.84 bits per heavy atom. The summed E-state index contributed by atoms with van der Waals surface area (Å²) < 4.78 is 45.3. The molecule has 0 aromatic carbocycles. The van der Waals surface area contributed by atoms with Gasteiger partial charge in [0.2, 0.25) is 6.80 Å². The minimum absolute atomic E-state index is 0.00462. The van der Waals surface area contributed by atoms with Crippen molar-refractivity contribution in [1.29, 1.82) is 0 Å². The monoisotopic (exact) mass is 452 g/mol. The summed E-state index contributed by atoms with van der Waals surface area (Å²) >= 11 is 0. The smallest absolute Gasteiger partial charge is 0.303 e. The summed E-state index contributed by atoms with van der Waals surface area (Å²) in [4.78, 5) is 46.3. The van der Waals surface area contributed by atoms with Crippen molar-refractivity contribution in [3.05, 3.63) is 0 Å². The summed E-state index contributed by atoms with van der Waals surface area (Å²) in [6.07, 6.45) is -6.19. The van der Waals surface area contributed by atoms with Gasteiger partial charge in [-0.15, -0.1) is 0 Å². The summed E-state index contributed by atoms with van der Waals surface area (Å²) in [6.45, 7) is 3.85. The van der Waals surface area contributed by atoms with Gasteiger partial charge in [-0.1, -0.05) is 0 Å². The molecule has 178 valence electrons. The number of hydrogen-bond acceptors (Lipinski definition) is 10. The average molecular weight is 452 g/mol. The van der Waals surface area contributed by atoms with Crippen LogP contribution in [0.5, 0.6) is 0 Å². The van der Waals surface area contributed by atoms with Crippen LogP contribution in [0.2, 0.25) is 0 Å². The molecule has 1 aliphatic rings. The molecule has 0 saturated carbocycles. The van der Waals surface area contributed by atoms with E-state index in [1.807, 2.05) is 0 Å². The van der Waals surface area contributed by atoms with Crippen LogP contribution in [-0.4, -0.2) is 99.7 Å². The standard InChI is InChI=1S/C19H31FNO10/c1-11(22)27-9-15-16(28-12(2)23)17(29-13(3)24)18(30-14(4)25)19(31-15)26-8-7-21(5,6)10-20/h15-19H,7-10H2,1-6H3/q+1/t15-,16-,17+,18-,19-/m1/s1. The molecule has 0 amide bonds. The Labute approximate surface area is 180 Å². The highest BCUT2D eigenvalue weighted by Gasteiger charge is 2.52. The highest BCUT2D eigenvalue weighted by molar-refractivity contribution is 5.68. The maximum atomic E-state index is 13.1. The lowest BCUT2D eigenvalue weighted by Crippen LogP contribution is -2.63. The molecule has 1 rings (SSSR count). The van der Waals surface area contributed by atoms with Gasteiger partial charge in [0.05, 0.1) is 20.7 Å². The number of carbonyl (C=O) groups excluding carboxylic acids is 4. The van der Waals surface area contributed by atoms with Crippen LogP contribution in [0.4, 0.5) is 4.39 Å². The van der Waals surface area contributed by atoms with Crippen molar-refractivity contribution in [2.75, 3.05) is 40.7 Å². The predicted octanol–water partition coefficient (Wildman–Crippen LogP) is 0.0895. The van der Waals surface area contributed by atoms with Gasteiger partial charge in [0.25, 0.3) is 0 Å². The van der Waals surface area contributed by atoms with E-state index in [0.29, 0.717) is 0 Å². The molecule has 0 aromatic rings. The van der Waals surface area contributed by atoms with Crippen molar-refractivity contribution in [2.24, 2.45) is 0 Å². The topological polar surface area (TPSA) is 124 Å². The minimum Gasteiger partial charge on any atom is -0.463 e. The van der Waals surface area contributed by atoms with Gasteiger partial charge in [0.15, 0.2) is 24.6 Å². The molecule has 1 fully saturated rings. The molecular weight excluding hydrogens is 421 g/mol. The molecule has 11 nitrogen and oxygen atoms in total. The molecule has 0 aliphatic carbocycles. The third-order valence-corrected chi connectivity index (χ3v) is 4.25. The SMILES string of the molecule is CC(=O)OC[C@H]1O[C@@H](OCC[N+](C)(C)CF)[C@H](OC(C)=O)[C@@H](OC(C)=O)[C@@H]1OC(C)=O. The molecule has 31 heavy (non-hydrogen) atoms. The van der Waals surface area contributed by atoms with E-state index in [-0.39, 0.29) is 24.2 Å². The lowest BCUT2D eigenvalue weighted by atomic mass is 9.98. The van der Waals surface area contributed by atoms with Crippen LogP contribution in [0, 0.1) is 0 Å². The lowest BCUT2D eigenvalue weighted by Gasteiger charge is -2.44. The first-order chi connectivity index (χ1) is 14.4. The Hall–Kier alpha value is -2.31. The zero-order valence-electron chi connectivity index (χ0n) is 18.6. The summed E-state index contributed by atoms with van der Waals surface area (Å²) in [5.41, 5.74) is 0. The molecule has 0 bridgehead atoms. The van der Waals surface area contributed by atoms with E-state index in [4.69, 9.17) is 28.4 Å². The van der Waals surface area contributed by atoms with Crippen molar-refractivity contribution in [3.63, 3.8) is 0 Å². The maximum Gasteiger partial charge on any atom is 0.303 e. The zero-order chi connectivity index (χ0) is 23.8. The molecule has 5 atom stereocenters. The molecule has 1 aliphatic heterocycles. The first-order valence-electron chi connectivity index (χ1n) is 9.66. The second-order valence-corrected chi connectivity index (χ2v) is 7.72. The number of hydrogen-bond donors (Lipinski definition) is 0. The molecule has 1 saturated heterocycles. The third-order valence-electron chi connectivity index (χ3n) is 4.25. The number of halogens is 1. The van der Waals surface area contributed by atoms with Crippen molar-refractivity contribution >= 4 is 23.9 Å². The predicted molar refractivity (Wildman–Crippen MR) is 101 cm³/mol. The van der Waals surface area contributed by atoms with Gasteiger partial charge in [-0.05, 0) is 0 Å². The first kappa shape index (κ1) is 26.7. The van der Waals surface area contributed by atoms with Crippen LogP contribution in [0.25, 0.3) is 0 Å². The van der Waals surface area contributed by atoms with Crippen LogP contribution in [0.15, 0.2) is 0 Å². The Bertz CT molecular complexity index is 656. The second kappa shape index (κ2) is 11.9. The maximum absolute atomic E-state index is 13.1. The van der Waals surface area contributed by atoms with Gasteiger partial charge in [0.1, 0.15) is 19.3 Å². The Morgan fingerprint density at radius 1 is 0.839 bits per heavy atom. The number of rotatable bonds is 10. The Morgan fingerprint density at radius 2 is 1.35 bits per heavy atom. The molecule has 0 aromatic heterocycles. The number of likely N-dealkylation sites (N-methyl/N-ethyl adjacent to an activating group) is 1. The number of quaternary nitrogens is 1. The quantitative estimate of drug-likeness (QED) is 0.195. The summed E-state index contributed by atoms with van der Waals surface area (Å²) in [6, 6.07) is 0. The van der Waals surface area contributed by atoms with Crippen LogP contribution in [-0.2, 0) is 47.6 Å². The normalized spacial score (nSPS) is 26.0. The fourth-order valence-electron chi connectivity index (χ4n) is 2.80. The largest absolute Gasteiger partial charge is 0.463 e. The van der Waals surface area contributed by atoms with Crippen molar-refractivity contribution < 1.29 is 56.5 Å². The molecule has 0 radical (unpaired) electrons. The van der Waals surface area contributed by atoms with Crippen molar-refractivity contribution in [3.8, 4) is 0 Å². The summed E-state index contributed by atoms with van der Waals surface area (Å²) in [5.74, 6) is -2.79. The molecule has 0 N–H and O–H groups in total. The van der Waals surface area contributed by atoms with E-state index in [9.17, 15) is 23.6 Å². The van der Waals surface area contributed by atoms with E-state index in [2.05, 4.69) is 0 Å². The first-order valence-corrected chi connectivity index (χ1v) is 9.66. The molecule has 0 spiro atoms. The number of carbonyl (C=O) groups is 4. The molecular formula is C19H31FNO10+. The fraction of sp³-hybridized carbons (Fsp3) is 0.789. The van der Waals surface area contributed by atoms with E-state index >= 15 is 0 Å². The molecule has 1 heterocycles. The van der Waals surface area contributed by atoms with Gasteiger partial charge in [-0.25, -0.2) is 0 Å². The minimum atomic E-state index is -1.30. The summed E-state index contributed by atoms with van der Waals surface area (Å²) in [7, 11) is 3.30. The van der Waals surface area contributed by atoms with Crippen LogP contribution in [0.1, 0.15) is 27.7 Å². The number of nitrogens with zero attached hydrogens (tertiary/aromatic N) is 1. The van der Waals surface area contributed by atoms with Crippen LogP contribution in [0.3, 0.4) is 0 Å². The van der Waals surface area contributed by atoms with E-state index < -0.39 is 61.4 Å². The van der Waals surface area contributed by atoms with Gasteiger partial charge in [-0.3, -0.25) is 19.2 Å². The third kappa shape index (κ3) is 9.15. The van der Waals surface area contributed by atoms with Crippen molar-refractivity contribution in [1.82, 2.24) is 0 Å². The second-order valence-electron chi connectivity index (χ2n) is 7.72. The van der Waals surface area contributed by atoms with Gasteiger partial charge < -0.3 is 32.9 Å². The molecule has 12 heteroatoms. The number of esters is 4. The number of alkyl halides is 1.